The first-order chi connectivity index (χ1) is 7.62. The Bertz CT molecular complexity index is 246. The van der Waals surface area contributed by atoms with E-state index in [1.807, 2.05) is 0 Å². The van der Waals surface area contributed by atoms with E-state index in [0.29, 0.717) is 5.92 Å². The van der Waals surface area contributed by atoms with Crippen LogP contribution in [0.4, 0.5) is 0 Å². The first kappa shape index (κ1) is 13.5. The Kier molecular flexibility index (Phi) is 5.24. The van der Waals surface area contributed by atoms with Crippen LogP contribution in [0.15, 0.2) is 0 Å². The lowest BCUT2D eigenvalue weighted by Gasteiger charge is -2.26. The van der Waals surface area contributed by atoms with Gasteiger partial charge >= 0.3 is 0 Å². The molecule has 0 aromatic heterocycles. The molecule has 1 fully saturated rings. The third-order valence-corrected chi connectivity index (χ3v) is 3.83. The molecular weight excluding hydrogens is 198 g/mol. The second-order valence-electron chi connectivity index (χ2n) is 5.19. The Morgan fingerprint density at radius 3 is 2.88 bits per heavy atom. The molecule has 2 atom stereocenters. The molecule has 1 saturated carbocycles. The first-order valence-corrected chi connectivity index (χ1v) is 6.51. The number of rotatable bonds is 6. The highest BCUT2D eigenvalue weighted by molar-refractivity contribution is 5.11. The fourth-order valence-electron chi connectivity index (χ4n) is 2.57. The van der Waals surface area contributed by atoms with Crippen molar-refractivity contribution in [2.45, 2.75) is 51.0 Å². The summed E-state index contributed by atoms with van der Waals surface area (Å²) in [5, 5.41) is 9.11. The lowest BCUT2D eigenvalue weighted by Crippen LogP contribution is -2.42. The van der Waals surface area contributed by atoms with E-state index in [-0.39, 0.29) is 0 Å². The van der Waals surface area contributed by atoms with Crippen LogP contribution in [-0.2, 0) is 0 Å². The summed E-state index contributed by atoms with van der Waals surface area (Å²) in [4.78, 5) is 2.36. The highest BCUT2D eigenvalue weighted by atomic mass is 15.1. The number of hydrogen-bond donors (Lipinski definition) is 1. The molecule has 0 saturated heterocycles. The molecule has 92 valence electrons. The summed E-state index contributed by atoms with van der Waals surface area (Å²) in [5.74, 6) is 0.404. The van der Waals surface area contributed by atoms with Gasteiger partial charge in [0, 0.05) is 0 Å². The maximum absolute atomic E-state index is 9.11. The van der Waals surface area contributed by atoms with Crippen molar-refractivity contribution in [2.75, 3.05) is 20.1 Å². The van der Waals surface area contributed by atoms with Crippen molar-refractivity contribution in [3.63, 3.8) is 0 Å². The fourth-order valence-corrected chi connectivity index (χ4v) is 2.57. The molecule has 2 unspecified atom stereocenters. The van der Waals surface area contributed by atoms with Crippen LogP contribution in [0, 0.1) is 17.2 Å². The Hall–Kier alpha value is -0.590. The van der Waals surface area contributed by atoms with Crippen molar-refractivity contribution in [3.8, 4) is 6.07 Å². The molecular formula is C13H25N3. The van der Waals surface area contributed by atoms with Crippen LogP contribution in [0.2, 0.25) is 0 Å². The Labute approximate surface area is 99.6 Å². The molecule has 2 N–H and O–H groups in total. The van der Waals surface area contributed by atoms with Crippen molar-refractivity contribution < 1.29 is 0 Å². The first-order valence-electron chi connectivity index (χ1n) is 6.51. The monoisotopic (exact) mass is 223 g/mol. The minimum Gasteiger partial charge on any atom is -0.313 e. The lowest BCUT2D eigenvalue weighted by atomic mass is 9.87. The highest BCUT2D eigenvalue weighted by Crippen LogP contribution is 2.35. The van der Waals surface area contributed by atoms with Gasteiger partial charge in [0.2, 0.25) is 0 Å². The Morgan fingerprint density at radius 2 is 2.25 bits per heavy atom. The zero-order chi connectivity index (χ0) is 12.0. The van der Waals surface area contributed by atoms with E-state index >= 15 is 0 Å². The van der Waals surface area contributed by atoms with Crippen molar-refractivity contribution in [2.24, 2.45) is 11.7 Å². The standard InChI is InChI=1S/C13H25N3/c1-3-4-9-16(2)10-7-12-6-5-8-13(12,15)11-14/h12H,3-10,15H2,1-2H3. The van der Waals surface area contributed by atoms with E-state index in [4.69, 9.17) is 11.0 Å². The molecule has 1 aliphatic carbocycles. The molecule has 0 aromatic carbocycles. The molecule has 0 spiro atoms. The average molecular weight is 223 g/mol. The summed E-state index contributed by atoms with van der Waals surface area (Å²) >= 11 is 0. The van der Waals surface area contributed by atoms with Gasteiger partial charge in [-0.1, -0.05) is 19.8 Å². The van der Waals surface area contributed by atoms with Crippen LogP contribution < -0.4 is 5.73 Å². The smallest absolute Gasteiger partial charge is 0.107 e. The number of nitrogens with zero attached hydrogens (tertiary/aromatic N) is 2. The summed E-state index contributed by atoms with van der Waals surface area (Å²) in [6.07, 6.45) is 6.70. The predicted octanol–water partition coefficient (Wildman–Crippen LogP) is 2.13. The summed E-state index contributed by atoms with van der Waals surface area (Å²) in [6, 6.07) is 2.32. The predicted molar refractivity (Wildman–Crippen MR) is 66.9 cm³/mol. The van der Waals surface area contributed by atoms with Gasteiger partial charge < -0.3 is 10.6 Å². The Balaban J connectivity index is 2.30. The van der Waals surface area contributed by atoms with Gasteiger partial charge in [-0.05, 0) is 51.7 Å². The molecule has 0 heterocycles. The largest absolute Gasteiger partial charge is 0.313 e. The summed E-state index contributed by atoms with van der Waals surface area (Å²) in [6.45, 7) is 4.45. The number of nitrogens with two attached hydrogens (primary N) is 1. The van der Waals surface area contributed by atoms with Crippen LogP contribution >= 0.6 is 0 Å². The molecule has 3 heteroatoms. The molecule has 0 aromatic rings. The van der Waals surface area contributed by atoms with Gasteiger partial charge in [0.25, 0.3) is 0 Å². The van der Waals surface area contributed by atoms with Crippen molar-refractivity contribution in [1.82, 2.24) is 4.90 Å². The van der Waals surface area contributed by atoms with Crippen LogP contribution in [0.3, 0.4) is 0 Å². The van der Waals surface area contributed by atoms with E-state index < -0.39 is 5.54 Å². The minimum absolute atomic E-state index is 0.404. The second-order valence-corrected chi connectivity index (χ2v) is 5.19. The quantitative estimate of drug-likeness (QED) is 0.750. The maximum Gasteiger partial charge on any atom is 0.107 e. The summed E-state index contributed by atoms with van der Waals surface area (Å²) in [5.41, 5.74) is 5.57. The summed E-state index contributed by atoms with van der Waals surface area (Å²) < 4.78 is 0. The normalized spacial score (nSPS) is 29.6. The number of unbranched alkanes of at least 4 members (excludes halogenated alkanes) is 1. The van der Waals surface area contributed by atoms with E-state index in [1.165, 1.54) is 12.8 Å². The third kappa shape index (κ3) is 3.47. The van der Waals surface area contributed by atoms with Gasteiger partial charge in [-0.3, -0.25) is 0 Å². The molecule has 0 radical (unpaired) electrons. The minimum atomic E-state index is -0.536. The molecule has 0 bridgehead atoms. The molecule has 16 heavy (non-hydrogen) atoms. The van der Waals surface area contributed by atoms with Crippen molar-refractivity contribution >= 4 is 0 Å². The van der Waals surface area contributed by atoms with E-state index in [2.05, 4.69) is 24.9 Å². The van der Waals surface area contributed by atoms with Gasteiger partial charge in [-0.2, -0.15) is 5.26 Å². The summed E-state index contributed by atoms with van der Waals surface area (Å²) in [7, 11) is 2.16. The van der Waals surface area contributed by atoms with Crippen LogP contribution in [0.25, 0.3) is 0 Å². The van der Waals surface area contributed by atoms with E-state index in [1.54, 1.807) is 0 Å². The lowest BCUT2D eigenvalue weighted by molar-refractivity contribution is 0.272. The fraction of sp³-hybridized carbons (Fsp3) is 0.923. The van der Waals surface area contributed by atoms with Gasteiger partial charge in [-0.15, -0.1) is 0 Å². The number of hydrogen-bond acceptors (Lipinski definition) is 3. The van der Waals surface area contributed by atoms with Crippen molar-refractivity contribution in [1.29, 1.82) is 5.26 Å². The second kappa shape index (κ2) is 6.22. The van der Waals surface area contributed by atoms with Crippen LogP contribution in [0.5, 0.6) is 0 Å². The molecule has 0 amide bonds. The van der Waals surface area contributed by atoms with E-state index in [0.717, 1.165) is 38.8 Å². The SMILES string of the molecule is CCCCN(C)CCC1CCCC1(N)C#N. The van der Waals surface area contributed by atoms with Gasteiger partial charge in [0.1, 0.15) is 5.54 Å². The van der Waals surface area contributed by atoms with Crippen LogP contribution in [0.1, 0.15) is 45.4 Å². The Morgan fingerprint density at radius 1 is 1.50 bits per heavy atom. The van der Waals surface area contributed by atoms with Gasteiger partial charge in [0.05, 0.1) is 6.07 Å². The topological polar surface area (TPSA) is 53.0 Å². The van der Waals surface area contributed by atoms with Gasteiger partial charge in [0.15, 0.2) is 0 Å². The molecule has 1 aliphatic rings. The van der Waals surface area contributed by atoms with Gasteiger partial charge in [-0.25, -0.2) is 0 Å². The van der Waals surface area contributed by atoms with Crippen LogP contribution in [-0.4, -0.2) is 30.6 Å². The van der Waals surface area contributed by atoms with E-state index in [9.17, 15) is 0 Å². The van der Waals surface area contributed by atoms with Crippen molar-refractivity contribution in [3.05, 3.63) is 0 Å². The molecule has 1 rings (SSSR count). The number of nitriles is 1. The zero-order valence-electron chi connectivity index (χ0n) is 10.7. The zero-order valence-corrected chi connectivity index (χ0v) is 10.7. The average Bonchev–Trinajstić information content (AvgIpc) is 2.66. The third-order valence-electron chi connectivity index (χ3n) is 3.83. The highest BCUT2D eigenvalue weighted by Gasteiger charge is 2.39. The maximum atomic E-state index is 9.11. The molecule has 3 nitrogen and oxygen atoms in total. The molecule has 0 aliphatic heterocycles.